The second-order valence-electron chi connectivity index (χ2n) is 7.68. The average Bonchev–Trinajstić information content (AvgIpc) is 3.41. The summed E-state index contributed by atoms with van der Waals surface area (Å²) in [5.74, 6) is -0.219. The molecule has 0 spiro atoms. The van der Waals surface area contributed by atoms with E-state index in [2.05, 4.69) is 48.6 Å². The number of thiophene rings is 1. The highest BCUT2D eigenvalue weighted by molar-refractivity contribution is 7.22. The minimum absolute atomic E-state index is 0.219. The van der Waals surface area contributed by atoms with Crippen molar-refractivity contribution in [3.8, 4) is 22.4 Å². The van der Waals surface area contributed by atoms with Crippen LogP contribution in [-0.2, 0) is 6.42 Å². The molecule has 0 fully saturated rings. The molecule has 1 N–H and O–H groups in total. The van der Waals surface area contributed by atoms with Gasteiger partial charge in [-0.15, -0.1) is 22.7 Å². The highest BCUT2D eigenvalue weighted by Crippen LogP contribution is 2.37. The van der Waals surface area contributed by atoms with Gasteiger partial charge < -0.3 is 0 Å². The molecule has 1 amide bonds. The molecule has 6 heteroatoms. The van der Waals surface area contributed by atoms with Crippen LogP contribution in [0.5, 0.6) is 0 Å². The van der Waals surface area contributed by atoms with Crippen molar-refractivity contribution >= 4 is 55.4 Å². The minimum atomic E-state index is -0.219. The molecule has 0 bridgehead atoms. The molecule has 2 heterocycles. The van der Waals surface area contributed by atoms with Gasteiger partial charge in [0.25, 0.3) is 5.91 Å². The fraction of sp³-hybridized carbons (Fsp3) is 0.111. The smallest absolute Gasteiger partial charge is 0.269 e. The zero-order valence-electron chi connectivity index (χ0n) is 18.0. The van der Waals surface area contributed by atoms with Crippen molar-refractivity contribution in [1.82, 2.24) is 4.98 Å². The highest BCUT2D eigenvalue weighted by atomic mass is 35.5. The molecule has 2 aromatic heterocycles. The molecule has 0 aliphatic carbocycles. The molecule has 5 aromatic rings. The van der Waals surface area contributed by atoms with Gasteiger partial charge in [0, 0.05) is 20.5 Å². The Bertz CT molecular complexity index is 1420. The lowest BCUT2D eigenvalue weighted by Crippen LogP contribution is -2.10. The Labute approximate surface area is 205 Å². The zero-order chi connectivity index (χ0) is 22.8. The van der Waals surface area contributed by atoms with Gasteiger partial charge in [-0.2, -0.15) is 0 Å². The number of benzene rings is 3. The summed E-state index contributed by atoms with van der Waals surface area (Å²) in [4.78, 5) is 19.5. The fourth-order valence-electron chi connectivity index (χ4n) is 3.79. The number of carbonyl (C=O) groups is 1. The third-order valence-corrected chi connectivity index (χ3v) is 8.11. The summed E-state index contributed by atoms with van der Waals surface area (Å²) < 4.78 is 0.998. The summed E-state index contributed by atoms with van der Waals surface area (Å²) in [6.45, 7) is 2.15. The van der Waals surface area contributed by atoms with Crippen LogP contribution in [0, 0.1) is 0 Å². The number of hydrogen-bond donors (Lipinski definition) is 1. The third kappa shape index (κ3) is 4.44. The second kappa shape index (κ2) is 9.48. The Kier molecular flexibility index (Phi) is 6.27. The number of nitrogens with one attached hydrogen (secondary N) is 1. The predicted octanol–water partition coefficient (Wildman–Crippen LogP) is 8.55. The lowest BCUT2D eigenvalue weighted by atomic mass is 10.0. The van der Waals surface area contributed by atoms with E-state index < -0.39 is 0 Å². The highest BCUT2D eigenvalue weighted by Gasteiger charge is 2.20. The van der Waals surface area contributed by atoms with E-state index in [0.29, 0.717) is 15.0 Å². The number of thiazole rings is 1. The minimum Gasteiger partial charge on any atom is -0.297 e. The van der Waals surface area contributed by atoms with Crippen molar-refractivity contribution in [1.29, 1.82) is 0 Å². The first-order valence-corrected chi connectivity index (χ1v) is 12.8. The molecule has 164 valence electrons. The normalized spacial score (nSPS) is 11.1. The molecular weight excluding hydrogens is 468 g/mol. The van der Waals surface area contributed by atoms with E-state index in [1.807, 2.05) is 42.5 Å². The standard InChI is InChI=1S/C27H21ClN2OS2/c1-2-8-22-24(19-15-13-18(14-16-19)17-9-4-3-5-10-17)29-27(33-22)30-26(31)25-23(28)20-11-6-7-12-21(20)32-25/h3-7,9-16H,2,8H2,1H3,(H,29,30,31). The first-order chi connectivity index (χ1) is 16.1. The Morgan fingerprint density at radius 3 is 2.27 bits per heavy atom. The number of nitrogens with zero attached hydrogens (tertiary/aromatic N) is 1. The van der Waals surface area contributed by atoms with E-state index in [1.165, 1.54) is 38.7 Å². The first kappa shape index (κ1) is 21.8. The van der Waals surface area contributed by atoms with Gasteiger partial charge in [0.2, 0.25) is 0 Å². The van der Waals surface area contributed by atoms with Crippen LogP contribution in [0.2, 0.25) is 5.02 Å². The largest absolute Gasteiger partial charge is 0.297 e. The quantitative estimate of drug-likeness (QED) is 0.260. The number of aromatic nitrogens is 1. The summed E-state index contributed by atoms with van der Waals surface area (Å²) in [7, 11) is 0. The molecule has 0 atom stereocenters. The van der Waals surface area contributed by atoms with Crippen molar-refractivity contribution in [2.75, 3.05) is 5.32 Å². The van der Waals surface area contributed by atoms with Crippen LogP contribution in [0.4, 0.5) is 5.13 Å². The van der Waals surface area contributed by atoms with E-state index in [1.54, 1.807) is 0 Å². The maximum atomic E-state index is 13.0. The molecular formula is C27H21ClN2OS2. The van der Waals surface area contributed by atoms with Gasteiger partial charge in [0.15, 0.2) is 5.13 Å². The predicted molar refractivity (Wildman–Crippen MR) is 142 cm³/mol. The lowest BCUT2D eigenvalue weighted by molar-refractivity contribution is 0.103. The van der Waals surface area contributed by atoms with Crippen LogP contribution in [0.15, 0.2) is 78.9 Å². The van der Waals surface area contributed by atoms with Crippen molar-refractivity contribution < 1.29 is 4.79 Å². The van der Waals surface area contributed by atoms with Gasteiger partial charge in [-0.3, -0.25) is 10.1 Å². The third-order valence-electron chi connectivity index (χ3n) is 5.40. The lowest BCUT2D eigenvalue weighted by Gasteiger charge is -2.05. The van der Waals surface area contributed by atoms with Crippen molar-refractivity contribution in [3.05, 3.63) is 93.6 Å². The van der Waals surface area contributed by atoms with E-state index in [0.717, 1.165) is 34.2 Å². The van der Waals surface area contributed by atoms with Gasteiger partial charge in [-0.25, -0.2) is 4.98 Å². The summed E-state index contributed by atoms with van der Waals surface area (Å²) in [6, 6.07) is 26.5. The van der Waals surface area contributed by atoms with E-state index in [4.69, 9.17) is 16.6 Å². The van der Waals surface area contributed by atoms with E-state index in [-0.39, 0.29) is 5.91 Å². The molecule has 0 aliphatic rings. The zero-order valence-corrected chi connectivity index (χ0v) is 20.4. The summed E-state index contributed by atoms with van der Waals surface area (Å²) in [5.41, 5.74) is 4.33. The average molecular weight is 489 g/mol. The molecule has 0 aliphatic heterocycles. The number of fused-ring (bicyclic) bond motifs is 1. The second-order valence-corrected chi connectivity index (χ2v) is 10.2. The Balaban J connectivity index is 1.43. The number of rotatable bonds is 6. The maximum absolute atomic E-state index is 13.0. The van der Waals surface area contributed by atoms with Gasteiger partial charge >= 0.3 is 0 Å². The van der Waals surface area contributed by atoms with Crippen molar-refractivity contribution in [2.45, 2.75) is 19.8 Å². The molecule has 3 aromatic carbocycles. The number of anilines is 1. The molecule has 3 nitrogen and oxygen atoms in total. The molecule has 5 rings (SSSR count). The Hall–Kier alpha value is -2.99. The number of hydrogen-bond acceptors (Lipinski definition) is 4. The van der Waals surface area contributed by atoms with Gasteiger partial charge in [-0.1, -0.05) is 97.7 Å². The van der Waals surface area contributed by atoms with E-state index in [9.17, 15) is 4.79 Å². The summed E-state index contributed by atoms with van der Waals surface area (Å²) in [5, 5.41) is 4.97. The van der Waals surface area contributed by atoms with Crippen molar-refractivity contribution in [3.63, 3.8) is 0 Å². The molecule has 0 saturated carbocycles. The Morgan fingerprint density at radius 2 is 1.55 bits per heavy atom. The van der Waals surface area contributed by atoms with Gasteiger partial charge in [0.1, 0.15) is 4.88 Å². The van der Waals surface area contributed by atoms with Crippen LogP contribution >= 0.6 is 34.3 Å². The van der Waals surface area contributed by atoms with Crippen molar-refractivity contribution in [2.24, 2.45) is 0 Å². The van der Waals surface area contributed by atoms with Crippen LogP contribution < -0.4 is 5.32 Å². The van der Waals surface area contributed by atoms with Crippen LogP contribution in [0.3, 0.4) is 0 Å². The number of aryl methyl sites for hydroxylation is 1. The number of amides is 1. The molecule has 0 radical (unpaired) electrons. The number of carbonyl (C=O) groups excluding carboxylic acids is 1. The number of halogens is 1. The van der Waals surface area contributed by atoms with Crippen LogP contribution in [0.25, 0.3) is 32.5 Å². The summed E-state index contributed by atoms with van der Waals surface area (Å²) in [6.07, 6.45) is 1.92. The SMILES string of the molecule is CCCc1sc(NC(=O)c2sc3ccccc3c2Cl)nc1-c1ccc(-c2ccccc2)cc1. The monoisotopic (exact) mass is 488 g/mol. The first-order valence-electron chi connectivity index (χ1n) is 10.8. The topological polar surface area (TPSA) is 42.0 Å². The fourth-order valence-corrected chi connectivity index (χ4v) is 6.29. The van der Waals surface area contributed by atoms with Crippen LogP contribution in [-0.4, -0.2) is 10.9 Å². The molecule has 0 saturated heterocycles. The molecule has 33 heavy (non-hydrogen) atoms. The van der Waals surface area contributed by atoms with E-state index >= 15 is 0 Å². The van der Waals surface area contributed by atoms with Gasteiger partial charge in [0.05, 0.1) is 10.7 Å². The van der Waals surface area contributed by atoms with Gasteiger partial charge in [-0.05, 0) is 23.6 Å². The molecule has 0 unspecified atom stereocenters. The Morgan fingerprint density at radius 1 is 0.879 bits per heavy atom. The van der Waals surface area contributed by atoms with Crippen LogP contribution in [0.1, 0.15) is 27.9 Å². The summed E-state index contributed by atoms with van der Waals surface area (Å²) >= 11 is 9.43. The maximum Gasteiger partial charge on any atom is 0.269 e.